The van der Waals surface area contributed by atoms with E-state index in [0.29, 0.717) is 24.1 Å². The Bertz CT molecular complexity index is 478. The molecular formula is C18H31NOS. The van der Waals surface area contributed by atoms with Crippen molar-refractivity contribution >= 4 is 11.3 Å². The van der Waals surface area contributed by atoms with E-state index in [9.17, 15) is 0 Å². The van der Waals surface area contributed by atoms with Crippen molar-refractivity contribution in [2.75, 3.05) is 6.61 Å². The van der Waals surface area contributed by atoms with E-state index in [1.807, 2.05) is 11.3 Å². The zero-order valence-corrected chi connectivity index (χ0v) is 15.4. The van der Waals surface area contributed by atoms with Crippen molar-refractivity contribution in [2.45, 2.75) is 73.1 Å². The third-order valence-electron chi connectivity index (χ3n) is 4.81. The first kappa shape index (κ1) is 17.0. The minimum Gasteiger partial charge on any atom is -0.377 e. The molecule has 2 nitrogen and oxygen atoms in total. The van der Waals surface area contributed by atoms with Crippen LogP contribution < -0.4 is 5.32 Å². The third kappa shape index (κ3) is 3.69. The lowest BCUT2D eigenvalue weighted by Gasteiger charge is -2.53. The van der Waals surface area contributed by atoms with Crippen LogP contribution in [0.1, 0.15) is 62.4 Å². The van der Waals surface area contributed by atoms with Crippen LogP contribution in [-0.2, 0) is 4.74 Å². The molecule has 0 spiro atoms. The number of thiophene rings is 1. The summed E-state index contributed by atoms with van der Waals surface area (Å²) in [5.74, 6) is 0.614. The molecule has 0 amide bonds. The fraction of sp³-hybridized carbons (Fsp3) is 0.778. The second-order valence-electron chi connectivity index (χ2n) is 7.58. The monoisotopic (exact) mass is 309 g/mol. The van der Waals surface area contributed by atoms with Gasteiger partial charge < -0.3 is 10.1 Å². The summed E-state index contributed by atoms with van der Waals surface area (Å²) in [6.07, 6.45) is 1.53. The molecule has 3 heteroatoms. The van der Waals surface area contributed by atoms with E-state index >= 15 is 0 Å². The number of aryl methyl sites for hydroxylation is 2. The lowest BCUT2D eigenvalue weighted by molar-refractivity contribution is -0.125. The van der Waals surface area contributed by atoms with Gasteiger partial charge in [-0.25, -0.2) is 0 Å². The van der Waals surface area contributed by atoms with Gasteiger partial charge in [0.1, 0.15) is 0 Å². The largest absolute Gasteiger partial charge is 0.377 e. The van der Waals surface area contributed by atoms with Gasteiger partial charge in [-0.15, -0.1) is 11.3 Å². The fourth-order valence-electron chi connectivity index (χ4n) is 3.23. The normalized spacial score (nSPS) is 25.9. The molecule has 1 N–H and O–H groups in total. The molecule has 0 aromatic carbocycles. The number of hydrogen-bond acceptors (Lipinski definition) is 3. The summed E-state index contributed by atoms with van der Waals surface area (Å²) in [6, 6.07) is 3.30. The van der Waals surface area contributed by atoms with Crippen molar-refractivity contribution in [1.29, 1.82) is 0 Å². The molecule has 0 radical (unpaired) electrons. The Labute approximate surface area is 134 Å². The van der Waals surface area contributed by atoms with Crippen molar-refractivity contribution < 1.29 is 4.74 Å². The topological polar surface area (TPSA) is 21.3 Å². The van der Waals surface area contributed by atoms with Gasteiger partial charge in [-0.05, 0) is 44.7 Å². The summed E-state index contributed by atoms with van der Waals surface area (Å²) in [4.78, 5) is 2.85. The van der Waals surface area contributed by atoms with Crippen LogP contribution in [-0.4, -0.2) is 18.8 Å². The highest BCUT2D eigenvalue weighted by atomic mass is 32.1. The van der Waals surface area contributed by atoms with Crippen LogP contribution in [0, 0.1) is 25.2 Å². The van der Waals surface area contributed by atoms with E-state index in [0.717, 1.165) is 13.0 Å². The molecule has 21 heavy (non-hydrogen) atoms. The summed E-state index contributed by atoms with van der Waals surface area (Å²) >= 11 is 1.90. The van der Waals surface area contributed by atoms with Gasteiger partial charge in [0.15, 0.2) is 0 Å². The lowest BCUT2D eigenvalue weighted by atomic mass is 9.64. The summed E-state index contributed by atoms with van der Waals surface area (Å²) in [7, 11) is 0. The molecule has 1 fully saturated rings. The Balaban J connectivity index is 1.91. The molecule has 1 saturated carbocycles. The lowest BCUT2D eigenvalue weighted by Crippen LogP contribution is -2.61. The quantitative estimate of drug-likeness (QED) is 0.810. The molecule has 1 aliphatic rings. The van der Waals surface area contributed by atoms with Gasteiger partial charge in [-0.3, -0.25) is 0 Å². The maximum Gasteiger partial charge on any atom is 0.0656 e. The zero-order chi connectivity index (χ0) is 15.8. The maximum absolute atomic E-state index is 6.06. The van der Waals surface area contributed by atoms with E-state index in [-0.39, 0.29) is 5.41 Å². The second kappa shape index (κ2) is 6.39. The van der Waals surface area contributed by atoms with Gasteiger partial charge in [0.2, 0.25) is 0 Å². The molecule has 1 aromatic heterocycles. The summed E-state index contributed by atoms with van der Waals surface area (Å²) < 4.78 is 6.06. The molecule has 1 aliphatic carbocycles. The number of nitrogens with one attached hydrogen (secondary N) is 1. The zero-order valence-electron chi connectivity index (χ0n) is 14.6. The van der Waals surface area contributed by atoms with E-state index < -0.39 is 0 Å². The Hall–Kier alpha value is -0.380. The fourth-order valence-corrected chi connectivity index (χ4v) is 4.25. The van der Waals surface area contributed by atoms with E-state index in [1.54, 1.807) is 0 Å². The van der Waals surface area contributed by atoms with Crippen LogP contribution >= 0.6 is 11.3 Å². The highest BCUT2D eigenvalue weighted by Gasteiger charge is 2.49. The Morgan fingerprint density at radius 3 is 2.48 bits per heavy atom. The van der Waals surface area contributed by atoms with Gasteiger partial charge in [-0.2, -0.15) is 0 Å². The minimum absolute atomic E-state index is 0.224. The van der Waals surface area contributed by atoms with Crippen LogP contribution in [0.15, 0.2) is 6.07 Å². The highest BCUT2D eigenvalue weighted by molar-refractivity contribution is 7.12. The van der Waals surface area contributed by atoms with Gasteiger partial charge in [0, 0.05) is 33.9 Å². The van der Waals surface area contributed by atoms with Gasteiger partial charge in [-0.1, -0.05) is 27.7 Å². The van der Waals surface area contributed by atoms with E-state index in [1.165, 1.54) is 15.3 Å². The van der Waals surface area contributed by atoms with Crippen molar-refractivity contribution in [3.05, 3.63) is 21.4 Å². The second-order valence-corrected chi connectivity index (χ2v) is 9.04. The Morgan fingerprint density at radius 1 is 1.33 bits per heavy atom. The molecule has 3 unspecified atom stereocenters. The predicted molar refractivity (Wildman–Crippen MR) is 92.1 cm³/mol. The first-order valence-corrected chi connectivity index (χ1v) is 8.98. The van der Waals surface area contributed by atoms with Gasteiger partial charge >= 0.3 is 0 Å². The number of ether oxygens (including phenoxy) is 1. The van der Waals surface area contributed by atoms with Crippen molar-refractivity contribution in [1.82, 2.24) is 5.32 Å². The van der Waals surface area contributed by atoms with Gasteiger partial charge in [0.05, 0.1) is 6.10 Å². The predicted octanol–water partition coefficient (Wildman–Crippen LogP) is 4.86. The van der Waals surface area contributed by atoms with E-state index in [2.05, 4.69) is 59.8 Å². The van der Waals surface area contributed by atoms with Crippen LogP contribution in [0.4, 0.5) is 0 Å². The van der Waals surface area contributed by atoms with Crippen molar-refractivity contribution in [3.8, 4) is 0 Å². The van der Waals surface area contributed by atoms with E-state index in [4.69, 9.17) is 4.74 Å². The van der Waals surface area contributed by atoms with Crippen LogP contribution in [0.25, 0.3) is 0 Å². The SMILES string of the molecule is Cc1cc(C(C)NC2CC(OCC(C)C)C2(C)C)c(C)s1. The minimum atomic E-state index is 0.224. The molecule has 0 saturated heterocycles. The number of hydrogen-bond donors (Lipinski definition) is 1. The van der Waals surface area contributed by atoms with Crippen molar-refractivity contribution in [3.63, 3.8) is 0 Å². The number of rotatable bonds is 6. The van der Waals surface area contributed by atoms with Crippen LogP contribution in [0.2, 0.25) is 0 Å². The smallest absolute Gasteiger partial charge is 0.0656 e. The summed E-state index contributed by atoms with van der Waals surface area (Å²) in [5, 5.41) is 3.82. The third-order valence-corrected chi connectivity index (χ3v) is 5.79. The standard InChI is InChI=1S/C18H31NOS/c1-11(2)10-20-17-9-16(18(17,6)7)19-13(4)15-8-12(3)21-14(15)5/h8,11,13,16-17,19H,9-10H2,1-7H3. The highest BCUT2D eigenvalue weighted by Crippen LogP contribution is 2.44. The molecule has 1 aromatic rings. The van der Waals surface area contributed by atoms with Gasteiger partial charge in [0.25, 0.3) is 0 Å². The first-order chi connectivity index (χ1) is 9.71. The molecule has 1 heterocycles. The van der Waals surface area contributed by atoms with Crippen molar-refractivity contribution in [2.24, 2.45) is 11.3 Å². The maximum atomic E-state index is 6.06. The average Bonchev–Trinajstić information content (AvgIpc) is 2.71. The molecule has 2 rings (SSSR count). The molecule has 0 bridgehead atoms. The first-order valence-electron chi connectivity index (χ1n) is 8.16. The average molecular weight is 310 g/mol. The van der Waals surface area contributed by atoms with Crippen LogP contribution in [0.5, 0.6) is 0 Å². The molecule has 3 atom stereocenters. The Kier molecular flexibility index (Phi) is 5.17. The Morgan fingerprint density at radius 2 is 2.00 bits per heavy atom. The van der Waals surface area contributed by atoms with Crippen LogP contribution in [0.3, 0.4) is 0 Å². The molecule has 0 aliphatic heterocycles. The molecular weight excluding hydrogens is 278 g/mol. The summed E-state index contributed by atoms with van der Waals surface area (Å²) in [6.45, 7) is 16.7. The summed E-state index contributed by atoms with van der Waals surface area (Å²) in [5.41, 5.74) is 1.68. The molecule has 120 valence electrons.